The van der Waals surface area contributed by atoms with E-state index in [1.165, 1.54) is 0 Å². The molecule has 0 rings (SSSR count). The smallest absolute Gasteiger partial charge is 0.0721 e. The van der Waals surface area contributed by atoms with E-state index in [1.54, 1.807) is 0 Å². The minimum absolute atomic E-state index is 0.0281. The molecule has 0 aliphatic rings. The number of hydrogen-bond acceptors (Lipinski definition) is 4. The first-order chi connectivity index (χ1) is 9.12. The molecule has 1 unspecified atom stereocenters. The van der Waals surface area contributed by atoms with E-state index in [9.17, 15) is 10.2 Å². The number of ether oxygens (including phenoxy) is 1. The van der Waals surface area contributed by atoms with E-state index in [0.717, 1.165) is 32.5 Å². The monoisotopic (exact) mass is 275 g/mol. The highest BCUT2D eigenvalue weighted by Crippen LogP contribution is 2.19. The highest BCUT2D eigenvalue weighted by molar-refractivity contribution is 4.82. The van der Waals surface area contributed by atoms with Gasteiger partial charge in [0, 0.05) is 25.8 Å². The van der Waals surface area contributed by atoms with E-state index in [2.05, 4.69) is 25.7 Å². The highest BCUT2D eigenvalue weighted by atomic mass is 16.5. The van der Waals surface area contributed by atoms with E-state index >= 15 is 0 Å². The predicted octanol–water partition coefficient (Wildman–Crippen LogP) is 1.89. The zero-order chi connectivity index (χ0) is 14.7. The Labute approximate surface area is 118 Å². The van der Waals surface area contributed by atoms with Gasteiger partial charge in [-0.2, -0.15) is 0 Å². The molecule has 0 amide bonds. The van der Waals surface area contributed by atoms with Gasteiger partial charge in [0.25, 0.3) is 0 Å². The fourth-order valence-corrected chi connectivity index (χ4v) is 2.38. The lowest BCUT2D eigenvalue weighted by Gasteiger charge is -2.36. The summed E-state index contributed by atoms with van der Waals surface area (Å²) in [5.41, 5.74) is 0. The van der Waals surface area contributed by atoms with Gasteiger partial charge in [-0.05, 0) is 32.2 Å². The average Bonchev–Trinajstić information content (AvgIpc) is 2.42. The summed E-state index contributed by atoms with van der Waals surface area (Å²) in [6, 6.07) is 0.0281. The molecule has 0 aliphatic carbocycles. The number of nitrogens with zero attached hydrogens (tertiary/aromatic N) is 1. The molecule has 0 bridgehead atoms. The summed E-state index contributed by atoms with van der Waals surface area (Å²) in [5.74, 6) is 0.253. The van der Waals surface area contributed by atoms with Crippen LogP contribution >= 0.6 is 0 Å². The van der Waals surface area contributed by atoms with E-state index < -0.39 is 0 Å². The normalized spacial score (nSPS) is 16.6. The zero-order valence-electron chi connectivity index (χ0n) is 13.1. The van der Waals surface area contributed by atoms with Gasteiger partial charge in [0.1, 0.15) is 0 Å². The lowest BCUT2D eigenvalue weighted by atomic mass is 9.92. The first-order valence-electron chi connectivity index (χ1n) is 7.72. The average molecular weight is 275 g/mol. The van der Waals surface area contributed by atoms with Crippen LogP contribution in [0.3, 0.4) is 0 Å². The van der Waals surface area contributed by atoms with Gasteiger partial charge in [0.15, 0.2) is 0 Å². The minimum Gasteiger partial charge on any atom is -0.396 e. The van der Waals surface area contributed by atoms with Crippen LogP contribution < -0.4 is 0 Å². The van der Waals surface area contributed by atoms with Crippen molar-refractivity contribution >= 4 is 0 Å². The fraction of sp³-hybridized carbons (Fsp3) is 1.00. The predicted molar refractivity (Wildman–Crippen MR) is 79.3 cm³/mol. The van der Waals surface area contributed by atoms with Crippen LogP contribution in [0.5, 0.6) is 0 Å². The lowest BCUT2D eigenvalue weighted by Crippen LogP contribution is -2.48. The van der Waals surface area contributed by atoms with Crippen molar-refractivity contribution in [3.05, 3.63) is 0 Å². The molecule has 3 atom stereocenters. The first kappa shape index (κ1) is 18.8. The summed E-state index contributed by atoms with van der Waals surface area (Å²) in [5, 5.41) is 19.7. The maximum Gasteiger partial charge on any atom is 0.0721 e. The number of aliphatic hydroxyl groups excluding tert-OH is 2. The molecule has 0 aromatic carbocycles. The van der Waals surface area contributed by atoms with Crippen molar-refractivity contribution in [3.8, 4) is 0 Å². The Morgan fingerprint density at radius 2 is 1.84 bits per heavy atom. The second-order valence-electron chi connectivity index (χ2n) is 5.19. The second kappa shape index (κ2) is 11.6. The van der Waals surface area contributed by atoms with Gasteiger partial charge < -0.3 is 14.9 Å². The van der Waals surface area contributed by atoms with Crippen LogP contribution in [0, 0.1) is 5.92 Å². The molecule has 0 aliphatic heterocycles. The molecule has 2 N–H and O–H groups in total. The Morgan fingerprint density at radius 3 is 2.32 bits per heavy atom. The Balaban J connectivity index is 4.62. The highest BCUT2D eigenvalue weighted by Gasteiger charge is 2.28. The topological polar surface area (TPSA) is 52.9 Å². The maximum atomic E-state index is 10.5. The van der Waals surface area contributed by atoms with Crippen LogP contribution in [0.4, 0.5) is 0 Å². The van der Waals surface area contributed by atoms with Crippen LogP contribution in [0.1, 0.15) is 47.0 Å². The number of hydrogen-bond donors (Lipinski definition) is 2. The van der Waals surface area contributed by atoms with Crippen LogP contribution in [-0.4, -0.2) is 60.2 Å². The van der Waals surface area contributed by atoms with E-state index in [-0.39, 0.29) is 24.7 Å². The van der Waals surface area contributed by atoms with Gasteiger partial charge in [0.05, 0.1) is 12.7 Å². The van der Waals surface area contributed by atoms with Crippen LogP contribution in [-0.2, 0) is 4.74 Å². The van der Waals surface area contributed by atoms with Crippen molar-refractivity contribution in [2.75, 3.05) is 32.9 Å². The summed E-state index contributed by atoms with van der Waals surface area (Å²) in [4.78, 5) is 2.27. The lowest BCUT2D eigenvalue weighted by molar-refractivity contribution is -0.00886. The van der Waals surface area contributed by atoms with Gasteiger partial charge in [-0.25, -0.2) is 0 Å². The van der Waals surface area contributed by atoms with E-state index in [1.807, 2.05) is 6.92 Å². The van der Waals surface area contributed by atoms with Crippen LogP contribution in [0.15, 0.2) is 0 Å². The van der Waals surface area contributed by atoms with Crippen molar-refractivity contribution in [2.45, 2.75) is 59.1 Å². The molecular formula is C15H33NO3. The van der Waals surface area contributed by atoms with E-state index in [0.29, 0.717) is 13.0 Å². The SMILES string of the molecule is CCCN(CCOCC)C(CCO)[C@@H](O)[C@H](C)CC. The van der Waals surface area contributed by atoms with Crippen molar-refractivity contribution in [1.29, 1.82) is 0 Å². The number of rotatable bonds is 12. The van der Waals surface area contributed by atoms with Gasteiger partial charge >= 0.3 is 0 Å². The molecule has 0 fully saturated rings. The van der Waals surface area contributed by atoms with Crippen molar-refractivity contribution in [2.24, 2.45) is 5.92 Å². The van der Waals surface area contributed by atoms with Crippen LogP contribution in [0.25, 0.3) is 0 Å². The van der Waals surface area contributed by atoms with Gasteiger partial charge in [-0.1, -0.05) is 27.2 Å². The Hall–Kier alpha value is -0.160. The molecule has 4 heteroatoms. The molecule has 0 aromatic heterocycles. The molecule has 0 saturated heterocycles. The molecular weight excluding hydrogens is 242 g/mol. The summed E-state index contributed by atoms with van der Waals surface area (Å²) in [6.07, 6.45) is 2.23. The van der Waals surface area contributed by atoms with Crippen LogP contribution in [0.2, 0.25) is 0 Å². The minimum atomic E-state index is -0.384. The molecule has 0 saturated carbocycles. The summed E-state index contributed by atoms with van der Waals surface area (Å²) >= 11 is 0. The number of aliphatic hydroxyl groups is 2. The van der Waals surface area contributed by atoms with Crippen molar-refractivity contribution < 1.29 is 14.9 Å². The van der Waals surface area contributed by atoms with Gasteiger partial charge in [0.2, 0.25) is 0 Å². The summed E-state index contributed by atoms with van der Waals surface area (Å²) in [6.45, 7) is 11.6. The molecule has 0 heterocycles. The molecule has 0 radical (unpaired) electrons. The third-order valence-corrected chi connectivity index (χ3v) is 3.75. The standard InChI is InChI=1S/C15H33NO3/c1-5-9-16(10-12-19-7-3)14(8-11-17)15(18)13(4)6-2/h13-15,17-18H,5-12H2,1-4H3/t13-,14?,15+/m1/s1. The summed E-state index contributed by atoms with van der Waals surface area (Å²) in [7, 11) is 0. The molecule has 0 aromatic rings. The first-order valence-corrected chi connectivity index (χ1v) is 7.72. The molecule has 19 heavy (non-hydrogen) atoms. The zero-order valence-corrected chi connectivity index (χ0v) is 13.1. The van der Waals surface area contributed by atoms with Crippen molar-refractivity contribution in [1.82, 2.24) is 4.90 Å². The van der Waals surface area contributed by atoms with Gasteiger partial charge in [-0.3, -0.25) is 4.90 Å². The second-order valence-corrected chi connectivity index (χ2v) is 5.19. The Kier molecular flexibility index (Phi) is 11.6. The van der Waals surface area contributed by atoms with Gasteiger partial charge in [-0.15, -0.1) is 0 Å². The quantitative estimate of drug-likeness (QED) is 0.534. The largest absolute Gasteiger partial charge is 0.396 e. The maximum absolute atomic E-state index is 10.5. The summed E-state index contributed by atoms with van der Waals surface area (Å²) < 4.78 is 5.42. The van der Waals surface area contributed by atoms with E-state index in [4.69, 9.17) is 4.74 Å². The molecule has 0 spiro atoms. The molecule has 4 nitrogen and oxygen atoms in total. The molecule has 116 valence electrons. The fourth-order valence-electron chi connectivity index (χ4n) is 2.38. The Morgan fingerprint density at radius 1 is 1.16 bits per heavy atom. The Bertz CT molecular complexity index is 202. The van der Waals surface area contributed by atoms with Crippen molar-refractivity contribution in [3.63, 3.8) is 0 Å². The third kappa shape index (κ3) is 7.25. The third-order valence-electron chi connectivity index (χ3n) is 3.75.